The maximum atomic E-state index is 9.22. The maximum absolute atomic E-state index is 9.22. The van der Waals surface area contributed by atoms with Crippen molar-refractivity contribution in [1.82, 2.24) is 0 Å². The van der Waals surface area contributed by atoms with Gasteiger partial charge in [-0.15, -0.1) is 0 Å². The van der Waals surface area contributed by atoms with E-state index in [1.807, 2.05) is 0 Å². The SMILES string of the molecule is CCCCOC(C)(OCCCC)OCC(C)O. The van der Waals surface area contributed by atoms with Crippen molar-refractivity contribution < 1.29 is 19.3 Å². The average Bonchev–Trinajstić information content (AvgIpc) is 2.27. The van der Waals surface area contributed by atoms with Crippen LogP contribution < -0.4 is 0 Å². The minimum absolute atomic E-state index is 0.217. The van der Waals surface area contributed by atoms with Crippen molar-refractivity contribution in [3.05, 3.63) is 0 Å². The maximum Gasteiger partial charge on any atom is 0.279 e. The zero-order valence-corrected chi connectivity index (χ0v) is 11.7. The smallest absolute Gasteiger partial charge is 0.279 e. The Balaban J connectivity index is 4.04. The van der Waals surface area contributed by atoms with Crippen molar-refractivity contribution in [2.24, 2.45) is 0 Å². The van der Waals surface area contributed by atoms with E-state index in [-0.39, 0.29) is 6.61 Å². The summed E-state index contributed by atoms with van der Waals surface area (Å²) in [6.45, 7) is 9.09. The van der Waals surface area contributed by atoms with Crippen LogP contribution in [0.1, 0.15) is 53.4 Å². The monoisotopic (exact) mass is 248 g/mol. The third-order valence-electron chi connectivity index (χ3n) is 2.31. The van der Waals surface area contributed by atoms with Gasteiger partial charge in [0.15, 0.2) is 0 Å². The van der Waals surface area contributed by atoms with Crippen LogP contribution in [0.25, 0.3) is 0 Å². The normalized spacial score (nSPS) is 13.9. The molecule has 0 rings (SSSR count). The summed E-state index contributed by atoms with van der Waals surface area (Å²) >= 11 is 0. The highest BCUT2D eigenvalue weighted by atomic mass is 16.9. The molecule has 0 spiro atoms. The van der Waals surface area contributed by atoms with E-state index in [1.165, 1.54) is 0 Å². The molecule has 4 nitrogen and oxygen atoms in total. The summed E-state index contributed by atoms with van der Waals surface area (Å²) in [5.74, 6) is -1.03. The number of aliphatic hydroxyl groups is 1. The molecule has 0 saturated carbocycles. The van der Waals surface area contributed by atoms with Gasteiger partial charge >= 0.3 is 0 Å². The van der Waals surface area contributed by atoms with Crippen LogP contribution in [0.2, 0.25) is 0 Å². The lowest BCUT2D eigenvalue weighted by Gasteiger charge is -2.30. The molecule has 0 amide bonds. The highest BCUT2D eigenvalue weighted by molar-refractivity contribution is 4.52. The second kappa shape index (κ2) is 9.83. The molecule has 104 valence electrons. The molecular formula is C13H28O4. The van der Waals surface area contributed by atoms with E-state index in [4.69, 9.17) is 14.2 Å². The van der Waals surface area contributed by atoms with E-state index in [0.29, 0.717) is 13.2 Å². The summed E-state index contributed by atoms with van der Waals surface area (Å²) in [4.78, 5) is 0. The standard InChI is InChI=1S/C13H28O4/c1-5-7-9-15-13(4,16-10-8-6-2)17-11-12(3)14/h12,14H,5-11H2,1-4H3. The fourth-order valence-electron chi connectivity index (χ4n) is 1.20. The molecule has 0 heterocycles. The van der Waals surface area contributed by atoms with E-state index in [2.05, 4.69) is 13.8 Å². The van der Waals surface area contributed by atoms with E-state index in [0.717, 1.165) is 25.7 Å². The molecule has 0 aliphatic carbocycles. The summed E-state index contributed by atoms with van der Waals surface area (Å²) in [6.07, 6.45) is 3.58. The summed E-state index contributed by atoms with van der Waals surface area (Å²) in [6, 6.07) is 0. The molecule has 0 saturated heterocycles. The summed E-state index contributed by atoms with van der Waals surface area (Å²) in [7, 11) is 0. The van der Waals surface area contributed by atoms with Gasteiger partial charge in [-0.1, -0.05) is 26.7 Å². The minimum Gasteiger partial charge on any atom is -0.391 e. The Morgan fingerprint density at radius 1 is 1.00 bits per heavy atom. The molecule has 17 heavy (non-hydrogen) atoms. The van der Waals surface area contributed by atoms with E-state index in [9.17, 15) is 5.11 Å². The lowest BCUT2D eigenvalue weighted by Crippen LogP contribution is -2.38. The molecule has 1 unspecified atom stereocenters. The van der Waals surface area contributed by atoms with Crippen LogP contribution in [0.4, 0.5) is 0 Å². The Bertz CT molecular complexity index is 161. The molecule has 0 aromatic carbocycles. The molecule has 0 aliphatic rings. The molecule has 1 atom stereocenters. The van der Waals surface area contributed by atoms with Crippen LogP contribution in [0.5, 0.6) is 0 Å². The fourth-order valence-corrected chi connectivity index (χ4v) is 1.20. The molecule has 0 fully saturated rings. The van der Waals surface area contributed by atoms with Crippen molar-refractivity contribution in [2.75, 3.05) is 19.8 Å². The van der Waals surface area contributed by atoms with Crippen LogP contribution >= 0.6 is 0 Å². The van der Waals surface area contributed by atoms with Gasteiger partial charge in [0.2, 0.25) is 0 Å². The van der Waals surface area contributed by atoms with Crippen molar-refractivity contribution in [2.45, 2.75) is 65.5 Å². The van der Waals surface area contributed by atoms with Crippen LogP contribution in [0.3, 0.4) is 0 Å². The first-order valence-corrected chi connectivity index (χ1v) is 6.64. The first kappa shape index (κ1) is 16.8. The van der Waals surface area contributed by atoms with Crippen molar-refractivity contribution in [3.8, 4) is 0 Å². The predicted molar refractivity (Wildman–Crippen MR) is 67.8 cm³/mol. The van der Waals surface area contributed by atoms with Crippen LogP contribution in [-0.2, 0) is 14.2 Å². The number of hydrogen-bond donors (Lipinski definition) is 1. The first-order valence-electron chi connectivity index (χ1n) is 6.64. The molecule has 0 bridgehead atoms. The molecule has 0 aliphatic heterocycles. The Morgan fingerprint density at radius 3 is 1.82 bits per heavy atom. The molecule has 0 aromatic heterocycles. The van der Waals surface area contributed by atoms with Gasteiger partial charge in [0.05, 0.1) is 25.9 Å². The zero-order valence-electron chi connectivity index (χ0n) is 11.7. The number of ether oxygens (including phenoxy) is 3. The van der Waals surface area contributed by atoms with Gasteiger partial charge in [-0.05, 0) is 19.8 Å². The lowest BCUT2D eigenvalue weighted by atomic mass is 10.3. The summed E-state index contributed by atoms with van der Waals surface area (Å²) in [5.41, 5.74) is 0. The van der Waals surface area contributed by atoms with Crippen molar-refractivity contribution >= 4 is 0 Å². The van der Waals surface area contributed by atoms with Gasteiger partial charge in [0, 0.05) is 6.92 Å². The average molecular weight is 248 g/mol. The fraction of sp³-hybridized carbons (Fsp3) is 1.00. The third kappa shape index (κ3) is 9.53. The third-order valence-corrected chi connectivity index (χ3v) is 2.31. The Morgan fingerprint density at radius 2 is 1.47 bits per heavy atom. The Labute approximate surface area is 105 Å². The largest absolute Gasteiger partial charge is 0.391 e. The quantitative estimate of drug-likeness (QED) is 0.451. The van der Waals surface area contributed by atoms with Crippen LogP contribution in [0, 0.1) is 0 Å². The Hall–Kier alpha value is -0.160. The summed E-state index contributed by atoms with van der Waals surface area (Å²) < 4.78 is 16.7. The van der Waals surface area contributed by atoms with E-state index < -0.39 is 12.1 Å². The molecule has 1 N–H and O–H groups in total. The van der Waals surface area contributed by atoms with Crippen molar-refractivity contribution in [3.63, 3.8) is 0 Å². The van der Waals surface area contributed by atoms with Gasteiger partial charge in [0.25, 0.3) is 5.97 Å². The second-order valence-corrected chi connectivity index (χ2v) is 4.43. The van der Waals surface area contributed by atoms with Gasteiger partial charge in [-0.2, -0.15) is 0 Å². The first-order chi connectivity index (χ1) is 8.04. The number of rotatable bonds is 11. The number of hydrogen-bond acceptors (Lipinski definition) is 4. The van der Waals surface area contributed by atoms with Crippen LogP contribution in [-0.4, -0.2) is 37.0 Å². The molecule has 4 heteroatoms. The highest BCUT2D eigenvalue weighted by Gasteiger charge is 2.27. The molecule has 0 radical (unpaired) electrons. The van der Waals surface area contributed by atoms with Gasteiger partial charge in [-0.25, -0.2) is 0 Å². The van der Waals surface area contributed by atoms with Gasteiger partial charge in [0.1, 0.15) is 0 Å². The predicted octanol–water partition coefficient (Wildman–Crippen LogP) is 2.69. The molecular weight excluding hydrogens is 220 g/mol. The van der Waals surface area contributed by atoms with Crippen molar-refractivity contribution in [1.29, 1.82) is 0 Å². The van der Waals surface area contributed by atoms with Crippen LogP contribution in [0.15, 0.2) is 0 Å². The van der Waals surface area contributed by atoms with Gasteiger partial charge in [-0.3, -0.25) is 0 Å². The highest BCUT2D eigenvalue weighted by Crippen LogP contribution is 2.16. The number of aliphatic hydroxyl groups excluding tert-OH is 1. The lowest BCUT2D eigenvalue weighted by molar-refractivity contribution is -0.374. The van der Waals surface area contributed by atoms with E-state index >= 15 is 0 Å². The second-order valence-electron chi connectivity index (χ2n) is 4.43. The van der Waals surface area contributed by atoms with E-state index in [1.54, 1.807) is 13.8 Å². The number of unbranched alkanes of at least 4 members (excludes halogenated alkanes) is 2. The van der Waals surface area contributed by atoms with Gasteiger partial charge < -0.3 is 19.3 Å². The molecule has 0 aromatic rings. The minimum atomic E-state index is -1.03. The zero-order chi connectivity index (χ0) is 13.1. The Kier molecular flexibility index (Phi) is 9.74. The topological polar surface area (TPSA) is 47.9 Å². The summed E-state index contributed by atoms with van der Waals surface area (Å²) in [5, 5.41) is 9.22.